The first kappa shape index (κ1) is 19.4. The van der Waals surface area contributed by atoms with Gasteiger partial charge in [0.2, 0.25) is 5.91 Å². The number of nitrogens with one attached hydrogen (secondary N) is 1. The molecule has 0 unspecified atom stereocenters. The summed E-state index contributed by atoms with van der Waals surface area (Å²) in [6.07, 6.45) is 4.17. The zero-order chi connectivity index (χ0) is 20.1. The lowest BCUT2D eigenvalue weighted by atomic mass is 10.0. The van der Waals surface area contributed by atoms with Crippen LogP contribution in [0.1, 0.15) is 22.0 Å². The molecule has 0 saturated carbocycles. The quantitative estimate of drug-likeness (QED) is 0.709. The lowest BCUT2D eigenvalue weighted by Crippen LogP contribution is -2.27. The van der Waals surface area contributed by atoms with Crippen LogP contribution in [-0.2, 0) is 11.2 Å². The lowest BCUT2D eigenvalue weighted by molar-refractivity contribution is -0.119. The fourth-order valence-corrected chi connectivity index (χ4v) is 2.96. The van der Waals surface area contributed by atoms with Crippen LogP contribution in [0.4, 0.5) is 10.1 Å². The molecule has 0 bridgehead atoms. The Kier molecular flexibility index (Phi) is 5.89. The lowest BCUT2D eigenvalue weighted by Gasteiger charge is -2.19. The molecule has 1 aromatic heterocycles. The molecule has 1 atom stereocenters. The molecule has 2 aromatic carbocycles. The number of halogens is 1. The number of hydrogen-bond donors (Lipinski definition) is 1. The minimum atomic E-state index is -0.622. The van der Waals surface area contributed by atoms with E-state index in [4.69, 9.17) is 0 Å². The van der Waals surface area contributed by atoms with Crippen LogP contribution >= 0.6 is 0 Å². The molecule has 5 nitrogen and oxygen atoms in total. The summed E-state index contributed by atoms with van der Waals surface area (Å²) in [6, 6.07) is 17.0. The molecule has 0 aliphatic heterocycles. The average molecular weight is 379 g/mol. The number of hydrogen-bond acceptors (Lipinski definition) is 2. The Morgan fingerprint density at radius 2 is 1.71 bits per heavy atom. The number of amides is 2. The maximum atomic E-state index is 14.0. The van der Waals surface area contributed by atoms with Gasteiger partial charge in [-0.25, -0.2) is 4.39 Å². The van der Waals surface area contributed by atoms with Crippen LogP contribution < -0.4 is 5.32 Å². The SMILES string of the molecule is CN(C)C(=O)c1cc(NC(=O)[C@@H](Cc2ccccc2)n2cccc2)ccc1F. The summed E-state index contributed by atoms with van der Waals surface area (Å²) >= 11 is 0. The second kappa shape index (κ2) is 8.52. The van der Waals surface area contributed by atoms with E-state index < -0.39 is 17.8 Å². The van der Waals surface area contributed by atoms with E-state index in [1.165, 1.54) is 23.1 Å². The maximum Gasteiger partial charge on any atom is 0.256 e. The van der Waals surface area contributed by atoms with Crippen LogP contribution in [0, 0.1) is 5.82 Å². The number of rotatable bonds is 6. The molecule has 1 N–H and O–H groups in total. The van der Waals surface area contributed by atoms with E-state index in [1.54, 1.807) is 14.1 Å². The van der Waals surface area contributed by atoms with Gasteiger partial charge in [0.15, 0.2) is 0 Å². The van der Waals surface area contributed by atoms with Crippen molar-refractivity contribution in [2.45, 2.75) is 12.5 Å². The molecular formula is C22H22FN3O2. The molecule has 0 saturated heterocycles. The highest BCUT2D eigenvalue weighted by Crippen LogP contribution is 2.20. The molecule has 2 amide bonds. The fraction of sp³-hybridized carbons (Fsp3) is 0.182. The fourth-order valence-electron chi connectivity index (χ4n) is 2.96. The molecule has 0 aliphatic rings. The number of carbonyl (C=O) groups excluding carboxylic acids is 2. The number of aromatic nitrogens is 1. The molecule has 3 aromatic rings. The van der Waals surface area contributed by atoms with Gasteiger partial charge >= 0.3 is 0 Å². The number of anilines is 1. The zero-order valence-electron chi connectivity index (χ0n) is 15.8. The van der Waals surface area contributed by atoms with Crippen molar-refractivity contribution in [3.05, 3.63) is 90.0 Å². The highest BCUT2D eigenvalue weighted by molar-refractivity contribution is 5.98. The summed E-state index contributed by atoms with van der Waals surface area (Å²) < 4.78 is 15.9. The van der Waals surface area contributed by atoms with Crippen molar-refractivity contribution in [3.8, 4) is 0 Å². The van der Waals surface area contributed by atoms with Gasteiger partial charge in [0.1, 0.15) is 11.9 Å². The molecule has 28 heavy (non-hydrogen) atoms. The van der Waals surface area contributed by atoms with Crippen molar-refractivity contribution in [1.82, 2.24) is 9.47 Å². The summed E-state index contributed by atoms with van der Waals surface area (Å²) in [5, 5.41) is 2.81. The van der Waals surface area contributed by atoms with Crippen LogP contribution in [0.5, 0.6) is 0 Å². The van der Waals surface area contributed by atoms with E-state index >= 15 is 0 Å². The predicted molar refractivity (Wildman–Crippen MR) is 107 cm³/mol. The minimum absolute atomic E-state index is 0.0802. The van der Waals surface area contributed by atoms with Crippen LogP contribution in [-0.4, -0.2) is 35.4 Å². The summed E-state index contributed by atoms with van der Waals surface area (Å²) in [6.45, 7) is 0. The van der Waals surface area contributed by atoms with Crippen molar-refractivity contribution in [3.63, 3.8) is 0 Å². The first-order valence-electron chi connectivity index (χ1n) is 8.94. The molecular weight excluding hydrogens is 357 g/mol. The Hall–Kier alpha value is -3.41. The van der Waals surface area contributed by atoms with Crippen LogP contribution in [0.3, 0.4) is 0 Å². The Labute approximate surface area is 163 Å². The average Bonchev–Trinajstić information content (AvgIpc) is 3.22. The van der Waals surface area contributed by atoms with Crippen molar-refractivity contribution in [1.29, 1.82) is 0 Å². The summed E-state index contributed by atoms with van der Waals surface area (Å²) in [7, 11) is 3.10. The summed E-state index contributed by atoms with van der Waals surface area (Å²) in [4.78, 5) is 26.4. The van der Waals surface area contributed by atoms with Gasteiger partial charge in [-0.1, -0.05) is 30.3 Å². The van der Waals surface area contributed by atoms with Gasteiger partial charge < -0.3 is 14.8 Å². The standard InChI is InChI=1S/C22H22FN3O2/c1-25(2)22(28)18-15-17(10-11-19(18)23)24-21(27)20(26-12-6-7-13-26)14-16-8-4-3-5-9-16/h3-13,15,20H,14H2,1-2H3,(H,24,27)/t20-/m1/s1. The number of carbonyl (C=O) groups is 2. The third kappa shape index (κ3) is 4.46. The Bertz CT molecular complexity index is 953. The van der Waals surface area contributed by atoms with Gasteiger partial charge in [0.25, 0.3) is 5.91 Å². The van der Waals surface area contributed by atoms with E-state index in [1.807, 2.05) is 59.4 Å². The highest BCUT2D eigenvalue weighted by atomic mass is 19.1. The first-order chi connectivity index (χ1) is 13.5. The van der Waals surface area contributed by atoms with E-state index in [2.05, 4.69) is 5.32 Å². The third-order valence-electron chi connectivity index (χ3n) is 4.43. The second-order valence-electron chi connectivity index (χ2n) is 6.72. The van der Waals surface area contributed by atoms with Crippen LogP contribution in [0.15, 0.2) is 73.1 Å². The Morgan fingerprint density at radius 1 is 1.04 bits per heavy atom. The van der Waals surface area contributed by atoms with Crippen LogP contribution in [0.2, 0.25) is 0 Å². The number of nitrogens with zero attached hydrogens (tertiary/aromatic N) is 2. The molecule has 0 radical (unpaired) electrons. The van der Waals surface area contributed by atoms with Gasteiger partial charge in [0, 0.05) is 38.6 Å². The largest absolute Gasteiger partial charge is 0.345 e. The van der Waals surface area contributed by atoms with E-state index in [9.17, 15) is 14.0 Å². The van der Waals surface area contributed by atoms with Crippen molar-refractivity contribution in [2.75, 3.05) is 19.4 Å². The molecule has 1 heterocycles. The number of benzene rings is 2. The van der Waals surface area contributed by atoms with Crippen molar-refractivity contribution >= 4 is 17.5 Å². The topological polar surface area (TPSA) is 54.3 Å². The molecule has 0 spiro atoms. The normalized spacial score (nSPS) is 11.7. The Morgan fingerprint density at radius 3 is 2.36 bits per heavy atom. The van der Waals surface area contributed by atoms with Crippen molar-refractivity contribution in [2.24, 2.45) is 0 Å². The third-order valence-corrected chi connectivity index (χ3v) is 4.43. The van der Waals surface area contributed by atoms with Gasteiger partial charge in [0.05, 0.1) is 5.56 Å². The predicted octanol–water partition coefficient (Wildman–Crippen LogP) is 3.75. The maximum absolute atomic E-state index is 14.0. The van der Waals surface area contributed by atoms with Crippen molar-refractivity contribution < 1.29 is 14.0 Å². The highest BCUT2D eigenvalue weighted by Gasteiger charge is 2.21. The summed E-state index contributed by atoms with van der Waals surface area (Å²) in [5.74, 6) is -1.32. The Balaban J connectivity index is 1.84. The van der Waals surface area contributed by atoms with Crippen LogP contribution in [0.25, 0.3) is 0 Å². The van der Waals surface area contributed by atoms with E-state index in [-0.39, 0.29) is 11.5 Å². The minimum Gasteiger partial charge on any atom is -0.345 e. The van der Waals surface area contributed by atoms with Gasteiger partial charge in [-0.05, 0) is 35.9 Å². The zero-order valence-corrected chi connectivity index (χ0v) is 15.8. The van der Waals surface area contributed by atoms with Gasteiger partial charge in [-0.15, -0.1) is 0 Å². The molecule has 3 rings (SSSR count). The van der Waals surface area contributed by atoms with Gasteiger partial charge in [-0.2, -0.15) is 0 Å². The monoisotopic (exact) mass is 379 g/mol. The molecule has 0 aliphatic carbocycles. The smallest absolute Gasteiger partial charge is 0.256 e. The molecule has 0 fully saturated rings. The van der Waals surface area contributed by atoms with Gasteiger partial charge in [-0.3, -0.25) is 9.59 Å². The van der Waals surface area contributed by atoms with E-state index in [0.717, 1.165) is 5.56 Å². The molecule has 6 heteroatoms. The molecule has 144 valence electrons. The second-order valence-corrected chi connectivity index (χ2v) is 6.72. The summed E-state index contributed by atoms with van der Waals surface area (Å²) in [5.41, 5.74) is 1.32. The first-order valence-corrected chi connectivity index (χ1v) is 8.94. The van der Waals surface area contributed by atoms with E-state index in [0.29, 0.717) is 12.1 Å².